The monoisotopic (exact) mass is 356 g/mol. The molecular weight excluding hydrogens is 336 g/mol. The normalized spacial score (nSPS) is 10.9. The molecule has 134 valence electrons. The van der Waals surface area contributed by atoms with Crippen LogP contribution in [-0.2, 0) is 0 Å². The van der Waals surface area contributed by atoms with Crippen LogP contribution in [0, 0.1) is 13.8 Å². The fourth-order valence-electron chi connectivity index (χ4n) is 3.37. The Morgan fingerprint density at radius 3 is 2.37 bits per heavy atom. The minimum absolute atomic E-state index is 0.372. The van der Waals surface area contributed by atoms with Crippen molar-refractivity contribution in [3.63, 3.8) is 0 Å². The van der Waals surface area contributed by atoms with E-state index in [1.54, 1.807) is 7.11 Å². The maximum atomic E-state index is 12.1. The van der Waals surface area contributed by atoms with Gasteiger partial charge in [0.2, 0.25) is 0 Å². The first-order valence-corrected chi connectivity index (χ1v) is 8.82. The van der Waals surface area contributed by atoms with E-state index >= 15 is 0 Å². The highest BCUT2D eigenvalue weighted by atomic mass is 16.5. The highest BCUT2D eigenvalue weighted by Crippen LogP contribution is 2.37. The number of aryl methyl sites for hydroxylation is 2. The Hall–Kier alpha value is -3.40. The zero-order chi connectivity index (χ0) is 19.0. The highest BCUT2D eigenvalue weighted by Gasteiger charge is 2.14. The second kappa shape index (κ2) is 6.72. The molecule has 0 bridgehead atoms. The summed E-state index contributed by atoms with van der Waals surface area (Å²) in [6, 6.07) is 20.1. The van der Waals surface area contributed by atoms with Crippen LogP contribution in [0.1, 0.15) is 11.1 Å². The molecule has 0 saturated heterocycles. The van der Waals surface area contributed by atoms with Crippen LogP contribution in [0.25, 0.3) is 33.3 Å². The molecule has 0 saturated carbocycles. The van der Waals surface area contributed by atoms with Crippen molar-refractivity contribution >= 4 is 10.9 Å². The summed E-state index contributed by atoms with van der Waals surface area (Å²) in [5, 5.41) is 0.887. The lowest BCUT2D eigenvalue weighted by molar-refractivity contribution is 0.417. The van der Waals surface area contributed by atoms with E-state index in [1.807, 2.05) is 49.4 Å². The summed E-state index contributed by atoms with van der Waals surface area (Å²) in [6.45, 7) is 4.11. The van der Waals surface area contributed by atoms with Crippen molar-refractivity contribution in [3.8, 4) is 28.1 Å². The molecule has 0 aliphatic heterocycles. The minimum atomic E-state index is -0.372. The van der Waals surface area contributed by atoms with Crippen molar-refractivity contribution in [1.82, 2.24) is 9.97 Å². The summed E-state index contributed by atoms with van der Waals surface area (Å²) in [5.41, 5.74) is 6.31. The molecule has 4 rings (SSSR count). The molecule has 0 radical (unpaired) electrons. The van der Waals surface area contributed by atoms with Gasteiger partial charge in [0.25, 0.3) is 0 Å². The maximum Gasteiger partial charge on any atom is 0.345 e. The van der Waals surface area contributed by atoms with Gasteiger partial charge in [-0.1, -0.05) is 54.1 Å². The van der Waals surface area contributed by atoms with Crippen LogP contribution in [0.2, 0.25) is 0 Å². The van der Waals surface area contributed by atoms with Crippen LogP contribution >= 0.6 is 0 Å². The number of ether oxygens (including phenoxy) is 1. The summed E-state index contributed by atoms with van der Waals surface area (Å²) < 4.78 is 5.62. The van der Waals surface area contributed by atoms with Crippen molar-refractivity contribution < 1.29 is 4.74 Å². The number of benzene rings is 3. The lowest BCUT2D eigenvalue weighted by Gasteiger charge is -2.14. The molecule has 0 fully saturated rings. The number of methoxy groups -OCH3 is 1. The predicted molar refractivity (Wildman–Crippen MR) is 109 cm³/mol. The summed E-state index contributed by atoms with van der Waals surface area (Å²) in [5.74, 6) is 0.716. The first-order chi connectivity index (χ1) is 13.1. The van der Waals surface area contributed by atoms with E-state index in [4.69, 9.17) is 4.74 Å². The smallest absolute Gasteiger partial charge is 0.345 e. The minimum Gasteiger partial charge on any atom is -0.496 e. The Bertz CT molecular complexity index is 1190. The number of rotatable bonds is 3. The molecule has 4 nitrogen and oxygen atoms in total. The predicted octanol–water partition coefficient (Wildman–Crippen LogP) is 4.88. The molecule has 0 aliphatic carbocycles. The number of fused-ring (bicyclic) bond motifs is 1. The summed E-state index contributed by atoms with van der Waals surface area (Å²) in [4.78, 5) is 19.2. The van der Waals surface area contributed by atoms with Gasteiger partial charge < -0.3 is 9.72 Å². The quantitative estimate of drug-likeness (QED) is 0.569. The number of hydrogen-bond donors (Lipinski definition) is 1. The first kappa shape index (κ1) is 17.0. The molecular formula is C23H20N2O2. The zero-order valence-electron chi connectivity index (χ0n) is 15.5. The van der Waals surface area contributed by atoms with Crippen LogP contribution in [-0.4, -0.2) is 17.1 Å². The molecule has 4 aromatic rings. The summed E-state index contributed by atoms with van der Waals surface area (Å²) in [6.07, 6.45) is 0. The molecule has 0 atom stereocenters. The molecule has 27 heavy (non-hydrogen) atoms. The molecule has 0 spiro atoms. The largest absolute Gasteiger partial charge is 0.496 e. The van der Waals surface area contributed by atoms with Gasteiger partial charge in [0.05, 0.1) is 18.3 Å². The molecule has 1 heterocycles. The standard InChI is InChI=1S/C23H20N2O2/c1-14-8-10-16(11-9-14)22-19-12-18(17-7-5-4-6-15(17)2)21(27-3)13-20(19)24-23(26)25-22/h4-13H,1-3H3,(H,24,25,26). The fraction of sp³-hybridized carbons (Fsp3) is 0.130. The molecule has 0 aliphatic rings. The molecule has 1 N–H and O–H groups in total. The molecule has 3 aromatic carbocycles. The third-order valence-electron chi connectivity index (χ3n) is 4.81. The Labute approximate surface area is 157 Å². The lowest BCUT2D eigenvalue weighted by atomic mass is 9.96. The number of aromatic nitrogens is 2. The van der Waals surface area contributed by atoms with Crippen LogP contribution < -0.4 is 10.4 Å². The van der Waals surface area contributed by atoms with Crippen LogP contribution in [0.3, 0.4) is 0 Å². The second-order valence-electron chi connectivity index (χ2n) is 6.67. The van der Waals surface area contributed by atoms with Crippen molar-refractivity contribution in [3.05, 3.63) is 82.3 Å². The third-order valence-corrected chi connectivity index (χ3v) is 4.81. The van der Waals surface area contributed by atoms with Gasteiger partial charge >= 0.3 is 5.69 Å². The van der Waals surface area contributed by atoms with E-state index in [0.717, 1.165) is 33.2 Å². The van der Waals surface area contributed by atoms with Crippen LogP contribution in [0.5, 0.6) is 5.75 Å². The van der Waals surface area contributed by atoms with E-state index in [-0.39, 0.29) is 5.69 Å². The van der Waals surface area contributed by atoms with Gasteiger partial charge in [-0.2, -0.15) is 4.98 Å². The van der Waals surface area contributed by atoms with Crippen molar-refractivity contribution in [2.24, 2.45) is 0 Å². The molecule has 0 amide bonds. The van der Waals surface area contributed by atoms with Crippen LogP contribution in [0.4, 0.5) is 0 Å². The maximum absolute atomic E-state index is 12.1. The van der Waals surface area contributed by atoms with Gasteiger partial charge in [-0.25, -0.2) is 4.79 Å². The van der Waals surface area contributed by atoms with Gasteiger partial charge in [0.15, 0.2) is 0 Å². The van der Waals surface area contributed by atoms with Gasteiger partial charge in [-0.15, -0.1) is 0 Å². The van der Waals surface area contributed by atoms with Gasteiger partial charge in [-0.3, -0.25) is 0 Å². The Kier molecular flexibility index (Phi) is 4.24. The van der Waals surface area contributed by atoms with Crippen molar-refractivity contribution in [1.29, 1.82) is 0 Å². The highest BCUT2D eigenvalue weighted by molar-refractivity contribution is 5.97. The second-order valence-corrected chi connectivity index (χ2v) is 6.67. The first-order valence-electron chi connectivity index (χ1n) is 8.82. The van der Waals surface area contributed by atoms with E-state index in [1.165, 1.54) is 0 Å². The topological polar surface area (TPSA) is 55.0 Å². The zero-order valence-corrected chi connectivity index (χ0v) is 15.5. The SMILES string of the molecule is COc1cc2[nH]c(=O)nc(-c3ccc(C)cc3)c2cc1-c1ccccc1C. The molecule has 1 aromatic heterocycles. The number of H-pyrrole nitrogens is 1. The van der Waals surface area contributed by atoms with Gasteiger partial charge in [0, 0.05) is 22.6 Å². The summed E-state index contributed by atoms with van der Waals surface area (Å²) >= 11 is 0. The van der Waals surface area contributed by atoms with Crippen LogP contribution in [0.15, 0.2) is 65.5 Å². The Morgan fingerprint density at radius 2 is 1.67 bits per heavy atom. The number of aromatic amines is 1. The number of hydrogen-bond acceptors (Lipinski definition) is 3. The fourth-order valence-corrected chi connectivity index (χ4v) is 3.37. The molecule has 0 unspecified atom stereocenters. The van der Waals surface area contributed by atoms with Gasteiger partial charge in [-0.05, 0) is 31.0 Å². The van der Waals surface area contributed by atoms with Gasteiger partial charge in [0.1, 0.15) is 5.75 Å². The summed E-state index contributed by atoms with van der Waals surface area (Å²) in [7, 11) is 1.64. The third kappa shape index (κ3) is 3.10. The molecule has 4 heteroatoms. The number of nitrogens with zero attached hydrogens (tertiary/aromatic N) is 1. The average molecular weight is 356 g/mol. The van der Waals surface area contributed by atoms with E-state index < -0.39 is 0 Å². The van der Waals surface area contributed by atoms with Crippen molar-refractivity contribution in [2.75, 3.05) is 7.11 Å². The van der Waals surface area contributed by atoms with E-state index in [0.29, 0.717) is 17.0 Å². The Morgan fingerprint density at radius 1 is 0.926 bits per heavy atom. The van der Waals surface area contributed by atoms with Crippen molar-refractivity contribution in [2.45, 2.75) is 13.8 Å². The average Bonchev–Trinajstić information content (AvgIpc) is 2.67. The number of nitrogens with one attached hydrogen (secondary N) is 1. The van der Waals surface area contributed by atoms with E-state index in [2.05, 4.69) is 35.1 Å². The van der Waals surface area contributed by atoms with E-state index in [9.17, 15) is 4.79 Å². The Balaban J connectivity index is 2.06. The lowest BCUT2D eigenvalue weighted by Crippen LogP contribution is -2.11.